The van der Waals surface area contributed by atoms with Crippen LogP contribution in [0.25, 0.3) is 0 Å². The van der Waals surface area contributed by atoms with Crippen LogP contribution in [-0.2, 0) is 0 Å². The van der Waals surface area contributed by atoms with Gasteiger partial charge >= 0.3 is 0 Å². The van der Waals surface area contributed by atoms with Crippen molar-refractivity contribution in [1.29, 1.82) is 0 Å². The van der Waals surface area contributed by atoms with Crippen LogP contribution in [0.1, 0.15) is 25.7 Å². The smallest absolute Gasteiger partial charge is 0.110 e. The molecule has 0 radical (unpaired) electrons. The number of allylic oxidation sites excluding steroid dienone is 2. The quantitative estimate of drug-likeness (QED) is 0.587. The lowest BCUT2D eigenvalue weighted by molar-refractivity contribution is 0.603. The number of nitrogens with one attached hydrogen (secondary N) is 2. The van der Waals surface area contributed by atoms with Gasteiger partial charge in [-0.3, -0.25) is 0 Å². The van der Waals surface area contributed by atoms with Crippen molar-refractivity contribution in [2.24, 2.45) is 0 Å². The molecule has 1 aliphatic heterocycles. The molecule has 2 nitrogen and oxygen atoms in total. The Morgan fingerprint density at radius 3 is 2.18 bits per heavy atom. The first-order valence-corrected chi connectivity index (χ1v) is 4.74. The molecular formula is C8H13ClN2. The lowest BCUT2D eigenvalue weighted by Crippen LogP contribution is -2.34. The molecule has 0 unspecified atom stereocenters. The minimum absolute atomic E-state index is 0.291. The fourth-order valence-corrected chi connectivity index (χ4v) is 1.91. The first-order valence-electron chi connectivity index (χ1n) is 4.21. The molecule has 0 aromatic rings. The predicted octanol–water partition coefficient (Wildman–Crippen LogP) is 1.53. The van der Waals surface area contributed by atoms with Gasteiger partial charge in [0.15, 0.2) is 0 Å². The summed E-state index contributed by atoms with van der Waals surface area (Å²) in [6.07, 6.45) is 5.34. The maximum atomic E-state index is 5.72. The minimum Gasteiger partial charge on any atom is -0.366 e. The molecule has 1 heterocycles. The summed E-state index contributed by atoms with van der Waals surface area (Å²) in [5.74, 6) is 0.646. The molecule has 2 N–H and O–H groups in total. The van der Waals surface area contributed by atoms with Crippen LogP contribution in [0.2, 0.25) is 0 Å². The molecule has 3 heteroatoms. The monoisotopic (exact) mass is 172 g/mol. The molecule has 0 fully saturated rings. The fourth-order valence-electron chi connectivity index (χ4n) is 1.76. The Kier molecular flexibility index (Phi) is 1.95. The fraction of sp³-hybridized carbons (Fsp3) is 0.750. The first-order chi connectivity index (χ1) is 5.40. The number of hydrogen-bond acceptors (Lipinski definition) is 2. The van der Waals surface area contributed by atoms with Gasteiger partial charge in [0.1, 0.15) is 6.17 Å². The van der Waals surface area contributed by atoms with E-state index in [0.29, 0.717) is 12.0 Å². The van der Waals surface area contributed by atoms with Gasteiger partial charge in [-0.1, -0.05) is 0 Å². The SMILES string of the molecule is ClCC1NC2=C(CCCC2)N1. The van der Waals surface area contributed by atoms with E-state index >= 15 is 0 Å². The van der Waals surface area contributed by atoms with Gasteiger partial charge in [0.2, 0.25) is 0 Å². The standard InChI is InChI=1S/C8H13ClN2/c9-5-8-10-6-3-1-2-4-7(6)11-8/h8,10-11H,1-5H2. The summed E-state index contributed by atoms with van der Waals surface area (Å²) in [5, 5.41) is 6.76. The Morgan fingerprint density at radius 1 is 1.18 bits per heavy atom. The summed E-state index contributed by atoms with van der Waals surface area (Å²) in [4.78, 5) is 0. The van der Waals surface area contributed by atoms with Crippen molar-refractivity contribution in [1.82, 2.24) is 10.6 Å². The van der Waals surface area contributed by atoms with Crippen LogP contribution in [0.3, 0.4) is 0 Å². The van der Waals surface area contributed by atoms with Crippen LogP contribution in [0.5, 0.6) is 0 Å². The van der Waals surface area contributed by atoms with Crippen LogP contribution in [0.4, 0.5) is 0 Å². The Labute approximate surface area is 72.0 Å². The first kappa shape index (κ1) is 7.29. The molecule has 0 atom stereocenters. The summed E-state index contributed by atoms with van der Waals surface area (Å²) in [6, 6.07) is 0. The van der Waals surface area contributed by atoms with Crippen molar-refractivity contribution >= 4 is 11.6 Å². The van der Waals surface area contributed by atoms with E-state index in [0.717, 1.165) is 0 Å². The highest BCUT2D eigenvalue weighted by Crippen LogP contribution is 2.24. The van der Waals surface area contributed by atoms with Crippen LogP contribution < -0.4 is 10.6 Å². The minimum atomic E-state index is 0.291. The highest BCUT2D eigenvalue weighted by atomic mass is 35.5. The second-order valence-corrected chi connectivity index (χ2v) is 3.47. The largest absolute Gasteiger partial charge is 0.366 e. The zero-order valence-electron chi connectivity index (χ0n) is 6.49. The predicted molar refractivity (Wildman–Crippen MR) is 46.3 cm³/mol. The van der Waals surface area contributed by atoms with E-state index in [1.165, 1.54) is 37.1 Å². The van der Waals surface area contributed by atoms with Crippen molar-refractivity contribution in [3.05, 3.63) is 11.4 Å². The molecule has 0 saturated carbocycles. The van der Waals surface area contributed by atoms with E-state index in [2.05, 4.69) is 10.6 Å². The van der Waals surface area contributed by atoms with Gasteiger partial charge < -0.3 is 10.6 Å². The molecule has 0 aromatic carbocycles. The summed E-state index contributed by atoms with van der Waals surface area (Å²) >= 11 is 5.72. The Bertz CT molecular complexity index is 171. The number of rotatable bonds is 1. The molecule has 2 aliphatic rings. The number of hydrogen-bond donors (Lipinski definition) is 2. The maximum absolute atomic E-state index is 5.72. The molecule has 0 amide bonds. The Balaban J connectivity index is 2.03. The molecule has 0 saturated heterocycles. The molecule has 1 aliphatic carbocycles. The third kappa shape index (κ3) is 1.32. The van der Waals surface area contributed by atoms with Crippen molar-refractivity contribution in [2.75, 3.05) is 5.88 Å². The number of alkyl halides is 1. The molecule has 0 bridgehead atoms. The molecular weight excluding hydrogens is 160 g/mol. The summed E-state index contributed by atoms with van der Waals surface area (Å²) in [6.45, 7) is 0. The highest BCUT2D eigenvalue weighted by molar-refractivity contribution is 6.18. The lowest BCUT2D eigenvalue weighted by atomic mass is 10.0. The average Bonchev–Trinajstić information content (AvgIpc) is 2.46. The summed E-state index contributed by atoms with van der Waals surface area (Å²) in [7, 11) is 0. The van der Waals surface area contributed by atoms with Crippen LogP contribution in [0.15, 0.2) is 11.4 Å². The Hall–Kier alpha value is -0.370. The molecule has 2 rings (SSSR count). The number of halogens is 1. The van der Waals surface area contributed by atoms with Gasteiger partial charge in [-0.15, -0.1) is 11.6 Å². The second kappa shape index (κ2) is 2.94. The summed E-state index contributed by atoms with van der Waals surface area (Å²) < 4.78 is 0. The molecule has 0 aromatic heterocycles. The van der Waals surface area contributed by atoms with Crippen LogP contribution in [-0.4, -0.2) is 12.0 Å². The highest BCUT2D eigenvalue weighted by Gasteiger charge is 2.22. The van der Waals surface area contributed by atoms with Gasteiger partial charge in [-0.05, 0) is 25.7 Å². The third-order valence-corrected chi connectivity index (χ3v) is 2.63. The second-order valence-electron chi connectivity index (χ2n) is 3.16. The van der Waals surface area contributed by atoms with Crippen LogP contribution >= 0.6 is 11.6 Å². The molecule has 11 heavy (non-hydrogen) atoms. The molecule has 0 spiro atoms. The Morgan fingerprint density at radius 2 is 1.73 bits per heavy atom. The lowest BCUT2D eigenvalue weighted by Gasteiger charge is -2.11. The van der Waals surface area contributed by atoms with Crippen molar-refractivity contribution in [2.45, 2.75) is 31.8 Å². The van der Waals surface area contributed by atoms with E-state index in [9.17, 15) is 0 Å². The normalized spacial score (nSPS) is 24.5. The van der Waals surface area contributed by atoms with Gasteiger partial charge in [0.25, 0.3) is 0 Å². The van der Waals surface area contributed by atoms with Crippen molar-refractivity contribution in [3.8, 4) is 0 Å². The van der Waals surface area contributed by atoms with Gasteiger partial charge in [0, 0.05) is 11.4 Å². The van der Waals surface area contributed by atoms with Crippen LogP contribution in [0, 0.1) is 0 Å². The van der Waals surface area contributed by atoms with Crippen molar-refractivity contribution in [3.63, 3.8) is 0 Å². The van der Waals surface area contributed by atoms with Gasteiger partial charge in [0.05, 0.1) is 5.88 Å². The van der Waals surface area contributed by atoms with E-state index in [-0.39, 0.29) is 0 Å². The van der Waals surface area contributed by atoms with E-state index in [4.69, 9.17) is 11.6 Å². The van der Waals surface area contributed by atoms with E-state index in [1.54, 1.807) is 0 Å². The topological polar surface area (TPSA) is 24.1 Å². The maximum Gasteiger partial charge on any atom is 0.110 e. The van der Waals surface area contributed by atoms with E-state index in [1.807, 2.05) is 0 Å². The summed E-state index contributed by atoms with van der Waals surface area (Å²) in [5.41, 5.74) is 2.81. The van der Waals surface area contributed by atoms with Crippen molar-refractivity contribution < 1.29 is 0 Å². The third-order valence-electron chi connectivity index (χ3n) is 2.32. The zero-order chi connectivity index (χ0) is 7.68. The zero-order valence-corrected chi connectivity index (χ0v) is 7.25. The van der Waals surface area contributed by atoms with E-state index < -0.39 is 0 Å². The molecule has 62 valence electrons. The van der Waals surface area contributed by atoms with Gasteiger partial charge in [-0.25, -0.2) is 0 Å². The van der Waals surface area contributed by atoms with Gasteiger partial charge in [-0.2, -0.15) is 0 Å². The average molecular weight is 173 g/mol.